The van der Waals surface area contributed by atoms with Gasteiger partial charge in [-0.2, -0.15) is 4.72 Å². The Morgan fingerprint density at radius 3 is 2.70 bits per heavy atom. The van der Waals surface area contributed by atoms with Gasteiger partial charge in [0.25, 0.3) is 0 Å². The number of anilines is 1. The van der Waals surface area contributed by atoms with Crippen LogP contribution in [-0.4, -0.2) is 21.1 Å². The first-order valence-electron chi connectivity index (χ1n) is 6.45. The van der Waals surface area contributed by atoms with Crippen LogP contribution in [-0.2, 0) is 10.0 Å². The molecule has 0 fully saturated rings. The van der Waals surface area contributed by atoms with E-state index in [2.05, 4.69) is 10.6 Å². The van der Waals surface area contributed by atoms with E-state index in [-0.39, 0.29) is 10.6 Å². The molecule has 0 heterocycles. The molecule has 0 radical (unpaired) electrons. The first-order valence-corrected chi connectivity index (χ1v) is 7.93. The summed E-state index contributed by atoms with van der Waals surface area (Å²) in [6.45, 7) is 4.08. The molecule has 0 spiro atoms. The maximum atomic E-state index is 12.4. The molecule has 1 rings (SSSR count). The zero-order valence-corrected chi connectivity index (χ0v) is 12.5. The summed E-state index contributed by atoms with van der Waals surface area (Å²) in [5, 5.41) is 0. The molecule has 0 amide bonds. The summed E-state index contributed by atoms with van der Waals surface area (Å²) in [6, 6.07) is 3.96. The summed E-state index contributed by atoms with van der Waals surface area (Å²) in [7, 11) is -3.77. The third-order valence-electron chi connectivity index (χ3n) is 2.63. The van der Waals surface area contributed by atoms with E-state index < -0.39 is 16.1 Å². The standard InChI is InChI=1S/C14H20N2O3S/c1-4-7-12(5-2)16-20(17,18)14-10-11(15)8-9-13(14)19-6-3/h2,8-10,12,16H,4,6-7,15H2,1,3H3. The first-order chi connectivity index (χ1) is 9.44. The number of sulfonamides is 1. The molecule has 0 aliphatic carbocycles. The van der Waals surface area contributed by atoms with Gasteiger partial charge in [-0.25, -0.2) is 8.42 Å². The van der Waals surface area contributed by atoms with Crippen LogP contribution in [0.2, 0.25) is 0 Å². The molecule has 0 aromatic heterocycles. The lowest BCUT2D eigenvalue weighted by Crippen LogP contribution is -2.34. The highest BCUT2D eigenvalue weighted by Gasteiger charge is 2.22. The van der Waals surface area contributed by atoms with Crippen molar-refractivity contribution < 1.29 is 13.2 Å². The van der Waals surface area contributed by atoms with Crippen molar-refractivity contribution in [2.75, 3.05) is 12.3 Å². The lowest BCUT2D eigenvalue weighted by molar-refractivity contribution is 0.331. The fourth-order valence-corrected chi connectivity index (χ4v) is 3.10. The summed E-state index contributed by atoms with van der Waals surface area (Å²) in [4.78, 5) is 0.00991. The molecule has 110 valence electrons. The van der Waals surface area contributed by atoms with Gasteiger partial charge in [0.2, 0.25) is 10.0 Å². The van der Waals surface area contributed by atoms with E-state index in [0.29, 0.717) is 18.7 Å². The highest BCUT2D eigenvalue weighted by molar-refractivity contribution is 7.89. The molecule has 3 N–H and O–H groups in total. The molecule has 0 bridgehead atoms. The molecule has 20 heavy (non-hydrogen) atoms. The Morgan fingerprint density at radius 2 is 2.15 bits per heavy atom. The van der Waals surface area contributed by atoms with Crippen LogP contribution < -0.4 is 15.2 Å². The number of terminal acetylenes is 1. The Kier molecular flexibility index (Phi) is 5.86. The van der Waals surface area contributed by atoms with Gasteiger partial charge in [0, 0.05) is 5.69 Å². The molecular formula is C14H20N2O3S. The topological polar surface area (TPSA) is 81.4 Å². The molecule has 0 saturated heterocycles. The van der Waals surface area contributed by atoms with E-state index in [0.717, 1.165) is 6.42 Å². The normalized spacial score (nSPS) is 12.7. The van der Waals surface area contributed by atoms with E-state index in [1.165, 1.54) is 12.1 Å². The maximum absolute atomic E-state index is 12.4. The molecule has 0 aliphatic heterocycles. The van der Waals surface area contributed by atoms with Gasteiger partial charge >= 0.3 is 0 Å². The number of ether oxygens (including phenoxy) is 1. The Labute approximate surface area is 120 Å². The molecule has 5 nitrogen and oxygen atoms in total. The van der Waals surface area contributed by atoms with Crippen LogP contribution in [0.5, 0.6) is 5.75 Å². The summed E-state index contributed by atoms with van der Waals surface area (Å²) in [5.41, 5.74) is 6.00. The molecule has 1 aromatic rings. The number of hydrogen-bond acceptors (Lipinski definition) is 4. The number of rotatable bonds is 7. The minimum atomic E-state index is -3.77. The predicted octanol–water partition coefficient (Wildman–Crippen LogP) is 1.75. The number of nitrogens with two attached hydrogens (primary N) is 1. The minimum Gasteiger partial charge on any atom is -0.492 e. The monoisotopic (exact) mass is 296 g/mol. The van der Waals surface area contributed by atoms with Gasteiger partial charge in [-0.3, -0.25) is 0 Å². The van der Waals surface area contributed by atoms with Crippen molar-refractivity contribution in [2.24, 2.45) is 0 Å². The molecule has 1 unspecified atom stereocenters. The van der Waals surface area contributed by atoms with Crippen LogP contribution >= 0.6 is 0 Å². The second kappa shape index (κ2) is 7.17. The number of nitrogen functional groups attached to an aromatic ring is 1. The Balaban J connectivity index is 3.14. The van der Waals surface area contributed by atoms with E-state index in [1.54, 1.807) is 13.0 Å². The van der Waals surface area contributed by atoms with Gasteiger partial charge in [-0.15, -0.1) is 6.42 Å². The summed E-state index contributed by atoms with van der Waals surface area (Å²) in [5.74, 6) is 2.70. The van der Waals surface area contributed by atoms with Crippen LogP contribution in [0.25, 0.3) is 0 Å². The Bertz CT molecular complexity index is 591. The van der Waals surface area contributed by atoms with Crippen molar-refractivity contribution in [2.45, 2.75) is 37.6 Å². The van der Waals surface area contributed by atoms with Gasteiger partial charge < -0.3 is 10.5 Å². The molecule has 1 atom stereocenters. The van der Waals surface area contributed by atoms with E-state index >= 15 is 0 Å². The fourth-order valence-electron chi connectivity index (χ4n) is 1.73. The summed E-state index contributed by atoms with van der Waals surface area (Å²) in [6.07, 6.45) is 6.69. The van der Waals surface area contributed by atoms with Gasteiger partial charge in [-0.1, -0.05) is 19.3 Å². The van der Waals surface area contributed by atoms with Crippen LogP contribution in [0.3, 0.4) is 0 Å². The van der Waals surface area contributed by atoms with Crippen LogP contribution in [0, 0.1) is 12.3 Å². The lowest BCUT2D eigenvalue weighted by Gasteiger charge is -2.15. The zero-order valence-electron chi connectivity index (χ0n) is 11.7. The second-order valence-corrected chi connectivity index (χ2v) is 5.95. The number of hydrogen-bond donors (Lipinski definition) is 2. The van der Waals surface area contributed by atoms with Gasteiger partial charge in [0.05, 0.1) is 12.6 Å². The van der Waals surface area contributed by atoms with Crippen molar-refractivity contribution >= 4 is 15.7 Å². The van der Waals surface area contributed by atoms with Crippen LogP contribution in [0.15, 0.2) is 23.1 Å². The first kappa shape index (κ1) is 16.3. The Hall–Kier alpha value is -1.71. The van der Waals surface area contributed by atoms with Crippen molar-refractivity contribution in [3.8, 4) is 18.1 Å². The average molecular weight is 296 g/mol. The SMILES string of the molecule is C#CC(CCC)NS(=O)(=O)c1cc(N)ccc1OCC. The minimum absolute atomic E-state index is 0.00991. The lowest BCUT2D eigenvalue weighted by atomic mass is 10.2. The van der Waals surface area contributed by atoms with E-state index in [4.69, 9.17) is 16.9 Å². The third kappa shape index (κ3) is 4.15. The summed E-state index contributed by atoms with van der Waals surface area (Å²) >= 11 is 0. The van der Waals surface area contributed by atoms with Gasteiger partial charge in [0.1, 0.15) is 10.6 Å². The molecule has 1 aromatic carbocycles. The van der Waals surface area contributed by atoms with E-state index in [1.807, 2.05) is 6.92 Å². The van der Waals surface area contributed by atoms with E-state index in [9.17, 15) is 8.42 Å². The fraction of sp³-hybridized carbons (Fsp3) is 0.429. The van der Waals surface area contributed by atoms with Crippen LogP contribution in [0.1, 0.15) is 26.7 Å². The predicted molar refractivity (Wildman–Crippen MR) is 79.9 cm³/mol. The molecule has 0 aliphatic rings. The highest BCUT2D eigenvalue weighted by Crippen LogP contribution is 2.26. The maximum Gasteiger partial charge on any atom is 0.245 e. The van der Waals surface area contributed by atoms with Crippen molar-refractivity contribution in [1.82, 2.24) is 4.72 Å². The quantitative estimate of drug-likeness (QED) is 0.593. The third-order valence-corrected chi connectivity index (χ3v) is 4.13. The summed E-state index contributed by atoms with van der Waals surface area (Å²) < 4.78 is 32.6. The number of benzene rings is 1. The molecule has 0 saturated carbocycles. The van der Waals surface area contributed by atoms with Gasteiger partial charge in [0.15, 0.2) is 0 Å². The second-order valence-electron chi connectivity index (χ2n) is 4.27. The average Bonchev–Trinajstić information content (AvgIpc) is 2.40. The van der Waals surface area contributed by atoms with Crippen LogP contribution in [0.4, 0.5) is 5.69 Å². The largest absolute Gasteiger partial charge is 0.492 e. The van der Waals surface area contributed by atoms with Crippen molar-refractivity contribution in [3.05, 3.63) is 18.2 Å². The van der Waals surface area contributed by atoms with Gasteiger partial charge in [-0.05, 0) is 31.5 Å². The van der Waals surface area contributed by atoms with Crippen molar-refractivity contribution in [1.29, 1.82) is 0 Å². The van der Waals surface area contributed by atoms with Crippen molar-refractivity contribution in [3.63, 3.8) is 0 Å². The molecular weight excluding hydrogens is 276 g/mol. The molecule has 6 heteroatoms. The highest BCUT2D eigenvalue weighted by atomic mass is 32.2. The smallest absolute Gasteiger partial charge is 0.245 e. The number of nitrogens with one attached hydrogen (secondary N) is 1. The Morgan fingerprint density at radius 1 is 1.45 bits per heavy atom. The zero-order chi connectivity index (χ0) is 15.2.